The number of aromatic amines is 1. The molecule has 3 aromatic heterocycles. The van der Waals surface area contributed by atoms with Crippen LogP contribution in [-0.4, -0.2) is 32.9 Å². The van der Waals surface area contributed by atoms with Gasteiger partial charge in [-0.3, -0.25) is 9.89 Å². The van der Waals surface area contributed by atoms with Gasteiger partial charge in [-0.25, -0.2) is 0 Å². The zero-order valence-electron chi connectivity index (χ0n) is 13.0. The molecule has 7 nitrogen and oxygen atoms in total. The maximum atomic E-state index is 12.5. The minimum atomic E-state index is -3.00. The Morgan fingerprint density at radius 1 is 1.33 bits per heavy atom. The van der Waals surface area contributed by atoms with Crippen LogP contribution in [0.25, 0.3) is 11.0 Å². The van der Waals surface area contributed by atoms with Gasteiger partial charge in [-0.1, -0.05) is 0 Å². The lowest BCUT2D eigenvalue weighted by atomic mass is 10.2. The highest BCUT2D eigenvalue weighted by Gasteiger charge is 2.22. The average Bonchev–Trinajstić information content (AvgIpc) is 3.06. The van der Waals surface area contributed by atoms with E-state index < -0.39 is 12.5 Å². The molecule has 3 heterocycles. The smallest absolute Gasteiger partial charge is 0.387 e. The summed E-state index contributed by atoms with van der Waals surface area (Å²) in [6.07, 6.45) is 0. The number of aromatic nitrogens is 4. The van der Waals surface area contributed by atoms with Crippen molar-refractivity contribution in [3.05, 3.63) is 27.1 Å². The fraction of sp³-hybridized carbons (Fsp3) is 0.286. The lowest BCUT2D eigenvalue weighted by molar-refractivity contribution is -0.0498. The zero-order chi connectivity index (χ0) is 17.4. The number of halogens is 2. The molecule has 2 N–H and O–H groups in total. The van der Waals surface area contributed by atoms with E-state index in [1.54, 1.807) is 13.8 Å². The monoisotopic (exact) mass is 353 g/mol. The van der Waals surface area contributed by atoms with E-state index in [0.29, 0.717) is 21.6 Å². The summed E-state index contributed by atoms with van der Waals surface area (Å²) in [6, 6.07) is 1.40. The van der Waals surface area contributed by atoms with Gasteiger partial charge in [0, 0.05) is 4.88 Å². The fourth-order valence-corrected chi connectivity index (χ4v) is 3.07. The number of nitrogens with zero attached hydrogens (tertiary/aromatic N) is 3. The highest BCUT2D eigenvalue weighted by atomic mass is 32.1. The van der Waals surface area contributed by atoms with Crippen molar-refractivity contribution in [2.75, 3.05) is 5.32 Å². The summed E-state index contributed by atoms with van der Waals surface area (Å²) in [4.78, 5) is 13.2. The van der Waals surface area contributed by atoms with E-state index in [-0.39, 0.29) is 16.4 Å². The molecule has 1 amide bonds. The highest BCUT2D eigenvalue weighted by molar-refractivity contribution is 7.14. The first-order valence-electron chi connectivity index (χ1n) is 6.91. The molecular formula is C14H13F2N5O2S. The Kier molecular flexibility index (Phi) is 4.14. The van der Waals surface area contributed by atoms with Crippen molar-refractivity contribution in [3.63, 3.8) is 0 Å². The van der Waals surface area contributed by atoms with Gasteiger partial charge < -0.3 is 10.1 Å². The van der Waals surface area contributed by atoms with Gasteiger partial charge in [0.05, 0.1) is 11.1 Å². The summed E-state index contributed by atoms with van der Waals surface area (Å²) in [5, 5.41) is 17.9. The summed E-state index contributed by atoms with van der Waals surface area (Å²) in [7, 11) is 0. The number of H-pyrrole nitrogens is 1. The van der Waals surface area contributed by atoms with Gasteiger partial charge in [-0.05, 0) is 32.4 Å². The van der Waals surface area contributed by atoms with Crippen LogP contribution in [0.1, 0.15) is 25.8 Å². The molecule has 0 fully saturated rings. The van der Waals surface area contributed by atoms with Crippen LogP contribution < -0.4 is 10.1 Å². The van der Waals surface area contributed by atoms with Crippen molar-refractivity contribution in [1.29, 1.82) is 0 Å². The Bertz CT molecular complexity index is 921. The molecule has 3 rings (SSSR count). The van der Waals surface area contributed by atoms with Crippen LogP contribution in [0, 0.1) is 20.8 Å². The van der Waals surface area contributed by atoms with Gasteiger partial charge >= 0.3 is 6.61 Å². The molecule has 0 aliphatic heterocycles. The van der Waals surface area contributed by atoms with Gasteiger partial charge in [0.25, 0.3) is 5.91 Å². The molecule has 0 radical (unpaired) electrons. The number of nitrogens with one attached hydrogen (secondary N) is 2. The number of amides is 1. The number of alkyl halides is 2. The van der Waals surface area contributed by atoms with Crippen LogP contribution >= 0.6 is 11.3 Å². The SMILES string of the molecule is Cc1cc(OC(F)F)c(C(=O)Nc2n[nH]c3nnc(C)c(C)c23)s1. The molecule has 0 saturated heterocycles. The predicted octanol–water partition coefficient (Wildman–Crippen LogP) is 3.19. The molecule has 3 aromatic rings. The highest BCUT2D eigenvalue weighted by Crippen LogP contribution is 2.32. The molecule has 126 valence electrons. The first-order valence-corrected chi connectivity index (χ1v) is 7.73. The van der Waals surface area contributed by atoms with E-state index in [2.05, 4.69) is 30.4 Å². The van der Waals surface area contributed by atoms with Crippen LogP contribution in [0.3, 0.4) is 0 Å². The number of hydrogen-bond donors (Lipinski definition) is 2. The number of aryl methyl sites for hydroxylation is 3. The Morgan fingerprint density at radius 3 is 2.79 bits per heavy atom. The number of carbonyl (C=O) groups excluding carboxylic acids is 1. The summed E-state index contributed by atoms with van der Waals surface area (Å²) in [5.41, 5.74) is 1.95. The number of anilines is 1. The lowest BCUT2D eigenvalue weighted by Gasteiger charge is -2.06. The number of rotatable bonds is 4. The quantitative estimate of drug-likeness (QED) is 0.751. The standard InChI is InChI=1S/C14H13F2N5O2S/c1-5-4-8(23-14(15)16)10(24-5)13(22)17-11-9-6(2)7(3)18-20-12(9)21-19-11/h4,14H,1-3H3,(H2,17,19,20,21,22). The van der Waals surface area contributed by atoms with Gasteiger partial charge in [-0.2, -0.15) is 19.0 Å². The molecule has 0 unspecified atom stereocenters. The maximum Gasteiger partial charge on any atom is 0.387 e. The number of hydrogen-bond acceptors (Lipinski definition) is 6. The third kappa shape index (κ3) is 2.92. The Labute approximate surface area is 139 Å². The molecular weight excluding hydrogens is 340 g/mol. The molecule has 0 bridgehead atoms. The third-order valence-electron chi connectivity index (χ3n) is 3.44. The largest absolute Gasteiger partial charge is 0.433 e. The molecule has 24 heavy (non-hydrogen) atoms. The van der Waals surface area contributed by atoms with Crippen molar-refractivity contribution in [2.24, 2.45) is 0 Å². The fourth-order valence-electron chi connectivity index (χ4n) is 2.23. The molecule has 0 aliphatic rings. The van der Waals surface area contributed by atoms with Crippen LogP contribution in [0.4, 0.5) is 14.6 Å². The molecule has 0 saturated carbocycles. The second kappa shape index (κ2) is 6.11. The minimum absolute atomic E-state index is 0.0559. The van der Waals surface area contributed by atoms with E-state index in [9.17, 15) is 13.6 Å². The molecule has 0 aromatic carbocycles. The van der Waals surface area contributed by atoms with Gasteiger partial charge in [0.2, 0.25) is 0 Å². The number of carbonyl (C=O) groups is 1. The summed E-state index contributed by atoms with van der Waals surface area (Å²) in [6.45, 7) is 2.32. The van der Waals surface area contributed by atoms with Crippen molar-refractivity contribution >= 4 is 34.1 Å². The maximum absolute atomic E-state index is 12.5. The topological polar surface area (TPSA) is 92.8 Å². The van der Waals surface area contributed by atoms with E-state index in [0.717, 1.165) is 16.9 Å². The third-order valence-corrected chi connectivity index (χ3v) is 4.47. The van der Waals surface area contributed by atoms with Crippen molar-refractivity contribution in [1.82, 2.24) is 20.4 Å². The average molecular weight is 353 g/mol. The minimum Gasteiger partial charge on any atom is -0.433 e. The van der Waals surface area contributed by atoms with Crippen LogP contribution in [0.15, 0.2) is 6.07 Å². The van der Waals surface area contributed by atoms with E-state index in [4.69, 9.17) is 0 Å². The first kappa shape index (κ1) is 16.2. The number of fused-ring (bicyclic) bond motifs is 1. The summed E-state index contributed by atoms with van der Waals surface area (Å²) < 4.78 is 29.4. The number of thiophene rings is 1. The van der Waals surface area contributed by atoms with E-state index in [1.807, 2.05) is 6.92 Å². The first-order chi connectivity index (χ1) is 11.4. The van der Waals surface area contributed by atoms with Crippen LogP contribution in [0.5, 0.6) is 5.75 Å². The number of ether oxygens (including phenoxy) is 1. The Morgan fingerprint density at radius 2 is 2.08 bits per heavy atom. The molecule has 0 aliphatic carbocycles. The Balaban J connectivity index is 1.95. The predicted molar refractivity (Wildman–Crippen MR) is 84.8 cm³/mol. The Hall–Kier alpha value is -2.62. The summed E-state index contributed by atoms with van der Waals surface area (Å²) in [5.74, 6) is -0.469. The van der Waals surface area contributed by atoms with E-state index >= 15 is 0 Å². The van der Waals surface area contributed by atoms with Gasteiger partial charge in [-0.15, -0.1) is 16.4 Å². The van der Waals surface area contributed by atoms with Crippen molar-refractivity contribution in [2.45, 2.75) is 27.4 Å². The van der Waals surface area contributed by atoms with Crippen LogP contribution in [0.2, 0.25) is 0 Å². The van der Waals surface area contributed by atoms with Gasteiger partial charge in [0.15, 0.2) is 11.5 Å². The second-order valence-electron chi connectivity index (χ2n) is 5.09. The van der Waals surface area contributed by atoms with Gasteiger partial charge in [0.1, 0.15) is 10.6 Å². The summed E-state index contributed by atoms with van der Waals surface area (Å²) >= 11 is 1.06. The second-order valence-corrected chi connectivity index (χ2v) is 6.35. The molecule has 0 atom stereocenters. The molecule has 10 heteroatoms. The van der Waals surface area contributed by atoms with Crippen LogP contribution in [-0.2, 0) is 0 Å². The lowest BCUT2D eigenvalue weighted by Crippen LogP contribution is -2.13. The van der Waals surface area contributed by atoms with Crippen molar-refractivity contribution < 1.29 is 18.3 Å². The zero-order valence-corrected chi connectivity index (χ0v) is 13.8. The van der Waals surface area contributed by atoms with Crippen molar-refractivity contribution in [3.8, 4) is 5.75 Å². The normalized spacial score (nSPS) is 11.2. The van der Waals surface area contributed by atoms with E-state index in [1.165, 1.54) is 6.07 Å². The molecule has 0 spiro atoms.